The Labute approximate surface area is 70.9 Å². The van der Waals surface area contributed by atoms with Crippen molar-refractivity contribution in [1.82, 2.24) is 0 Å². The van der Waals surface area contributed by atoms with Crippen LogP contribution in [0.25, 0.3) is 0 Å². The van der Waals surface area contributed by atoms with E-state index < -0.39 is 6.10 Å². The lowest BCUT2D eigenvalue weighted by atomic mass is 10.1. The van der Waals surface area contributed by atoms with Gasteiger partial charge >= 0.3 is 0 Å². The highest BCUT2D eigenvalue weighted by molar-refractivity contribution is 5.17. The fraction of sp³-hybridized carbons (Fsp3) is 0.750. The highest BCUT2D eigenvalue weighted by atomic mass is 16.6. The van der Waals surface area contributed by atoms with Gasteiger partial charge in [-0.1, -0.05) is 0 Å². The van der Waals surface area contributed by atoms with Gasteiger partial charge in [0.15, 0.2) is 0 Å². The van der Waals surface area contributed by atoms with Crippen LogP contribution in [0, 0.1) is 5.21 Å². The largest absolute Gasteiger partial charge is 0.632 e. The molecule has 2 rings (SSSR count). The predicted molar refractivity (Wildman–Crippen MR) is 42.9 cm³/mol. The van der Waals surface area contributed by atoms with Crippen molar-refractivity contribution in [2.24, 2.45) is 0 Å². The third-order valence-corrected chi connectivity index (χ3v) is 2.90. The average molecular weight is 171 g/mol. The van der Waals surface area contributed by atoms with Gasteiger partial charge in [-0.15, -0.1) is 0 Å². The fourth-order valence-corrected chi connectivity index (χ4v) is 2.27. The summed E-state index contributed by atoms with van der Waals surface area (Å²) < 4.78 is -0.350. The first kappa shape index (κ1) is 8.19. The van der Waals surface area contributed by atoms with Gasteiger partial charge in [-0.05, 0) is 6.08 Å². The Morgan fingerprint density at radius 2 is 2.42 bits per heavy atom. The van der Waals surface area contributed by atoms with Crippen molar-refractivity contribution in [3.05, 3.63) is 16.9 Å². The van der Waals surface area contributed by atoms with Gasteiger partial charge in [0.05, 0.1) is 19.7 Å². The summed E-state index contributed by atoms with van der Waals surface area (Å²) in [7, 11) is 0. The second-order valence-corrected chi connectivity index (χ2v) is 3.60. The Morgan fingerprint density at radius 1 is 1.67 bits per heavy atom. The van der Waals surface area contributed by atoms with Crippen molar-refractivity contribution in [1.29, 1.82) is 0 Å². The number of hydroxylamine groups is 3. The molecule has 68 valence electrons. The Hall–Kier alpha value is -0.420. The molecule has 0 aliphatic carbocycles. The van der Waals surface area contributed by atoms with E-state index in [-0.39, 0.29) is 17.3 Å². The molecule has 2 heterocycles. The molecule has 3 atom stereocenters. The topological polar surface area (TPSA) is 63.5 Å². The molecule has 0 amide bonds. The number of rotatable bonds is 1. The second-order valence-electron chi connectivity index (χ2n) is 3.60. The molecule has 1 fully saturated rings. The lowest BCUT2D eigenvalue weighted by Gasteiger charge is -2.40. The van der Waals surface area contributed by atoms with Gasteiger partial charge in [-0.25, -0.2) is 0 Å². The predicted octanol–water partition coefficient (Wildman–Crippen LogP) is -0.634. The van der Waals surface area contributed by atoms with Crippen LogP contribution in [0.4, 0.5) is 0 Å². The highest BCUT2D eigenvalue weighted by Crippen LogP contribution is 2.35. The molecule has 2 aliphatic rings. The average Bonchev–Trinajstić information content (AvgIpc) is 2.51. The van der Waals surface area contributed by atoms with Crippen LogP contribution in [0.15, 0.2) is 11.6 Å². The number of aliphatic hydroxyl groups is 2. The van der Waals surface area contributed by atoms with Crippen LogP contribution in [-0.2, 0) is 0 Å². The normalized spacial score (nSPS) is 46.1. The van der Waals surface area contributed by atoms with Gasteiger partial charge in [-0.3, -0.25) is 0 Å². The first-order valence-corrected chi connectivity index (χ1v) is 4.23. The van der Waals surface area contributed by atoms with Crippen LogP contribution in [0.1, 0.15) is 6.42 Å². The summed E-state index contributed by atoms with van der Waals surface area (Å²) in [6, 6.07) is -0.380. The Kier molecular flexibility index (Phi) is 1.73. The lowest BCUT2D eigenvalue weighted by Crippen LogP contribution is -2.46. The molecule has 0 radical (unpaired) electrons. The first-order valence-electron chi connectivity index (χ1n) is 4.23. The summed E-state index contributed by atoms with van der Waals surface area (Å²) in [6.45, 7) is 0.799. The number of fused-ring (bicyclic) bond motifs is 1. The van der Waals surface area contributed by atoms with Crippen molar-refractivity contribution in [3.8, 4) is 0 Å². The van der Waals surface area contributed by atoms with E-state index in [1.165, 1.54) is 0 Å². The Bertz CT molecular complexity index is 228. The number of nitrogens with zero attached hydrogens (tertiary/aromatic N) is 1. The van der Waals surface area contributed by atoms with Crippen LogP contribution in [0.2, 0.25) is 0 Å². The first-order chi connectivity index (χ1) is 5.67. The maximum absolute atomic E-state index is 11.9. The molecular formula is C8H13NO3. The smallest absolute Gasteiger partial charge is 0.139 e. The van der Waals surface area contributed by atoms with Crippen LogP contribution >= 0.6 is 0 Å². The van der Waals surface area contributed by atoms with E-state index >= 15 is 0 Å². The minimum absolute atomic E-state index is 0.0933. The molecule has 12 heavy (non-hydrogen) atoms. The van der Waals surface area contributed by atoms with E-state index in [9.17, 15) is 10.3 Å². The SMILES string of the molecule is [O-][N+]12CC=C(CO)C1C(O)CC2. The molecule has 2 N–H and O–H groups in total. The highest BCUT2D eigenvalue weighted by Gasteiger charge is 2.46. The van der Waals surface area contributed by atoms with Crippen LogP contribution in [0.3, 0.4) is 0 Å². The number of hydrogen-bond donors (Lipinski definition) is 2. The minimum atomic E-state index is -0.552. The van der Waals surface area contributed by atoms with E-state index in [1.807, 2.05) is 0 Å². The van der Waals surface area contributed by atoms with E-state index in [2.05, 4.69) is 0 Å². The second kappa shape index (κ2) is 2.53. The summed E-state index contributed by atoms with van der Waals surface area (Å²) in [5, 5.41) is 30.3. The summed E-state index contributed by atoms with van der Waals surface area (Å²) in [5.41, 5.74) is 0.718. The Morgan fingerprint density at radius 3 is 3.08 bits per heavy atom. The van der Waals surface area contributed by atoms with Crippen LogP contribution < -0.4 is 0 Å². The lowest BCUT2D eigenvalue weighted by molar-refractivity contribution is -0.877. The van der Waals surface area contributed by atoms with Crippen LogP contribution in [0.5, 0.6) is 0 Å². The Balaban J connectivity index is 2.25. The maximum atomic E-state index is 11.9. The summed E-state index contributed by atoms with van der Waals surface area (Å²) in [4.78, 5) is 0. The number of hydrogen-bond acceptors (Lipinski definition) is 3. The quantitative estimate of drug-likeness (QED) is 0.313. The van der Waals surface area contributed by atoms with E-state index in [4.69, 9.17) is 5.11 Å². The van der Waals surface area contributed by atoms with Crippen LogP contribution in [-0.4, -0.2) is 46.7 Å². The fourth-order valence-electron chi connectivity index (χ4n) is 2.27. The molecule has 2 aliphatic heterocycles. The van der Waals surface area contributed by atoms with Crippen molar-refractivity contribution in [3.63, 3.8) is 0 Å². The van der Waals surface area contributed by atoms with Gasteiger partial charge in [0.1, 0.15) is 12.1 Å². The zero-order valence-corrected chi connectivity index (χ0v) is 6.81. The maximum Gasteiger partial charge on any atom is 0.139 e. The van der Waals surface area contributed by atoms with E-state index in [1.54, 1.807) is 6.08 Å². The van der Waals surface area contributed by atoms with Gasteiger partial charge in [0, 0.05) is 12.0 Å². The zero-order chi connectivity index (χ0) is 8.77. The van der Waals surface area contributed by atoms with Gasteiger partial charge in [-0.2, -0.15) is 0 Å². The number of aliphatic hydroxyl groups excluding tert-OH is 2. The number of quaternary nitrogens is 1. The summed E-state index contributed by atoms with van der Waals surface area (Å²) >= 11 is 0. The monoisotopic (exact) mass is 171 g/mol. The standard InChI is InChI=1S/C8H13NO3/c10-5-6-1-3-9(12)4-2-7(11)8(6)9/h1,7-8,10-11H,2-5H2. The molecule has 0 saturated carbocycles. The summed E-state index contributed by atoms with van der Waals surface area (Å²) in [6.07, 6.45) is 1.77. The summed E-state index contributed by atoms with van der Waals surface area (Å²) in [5.74, 6) is 0. The molecule has 3 unspecified atom stereocenters. The molecule has 1 saturated heterocycles. The molecule has 0 aromatic rings. The van der Waals surface area contributed by atoms with Crippen molar-refractivity contribution >= 4 is 0 Å². The van der Waals surface area contributed by atoms with Crippen molar-refractivity contribution < 1.29 is 14.9 Å². The molecule has 0 aromatic heterocycles. The van der Waals surface area contributed by atoms with Gasteiger partial charge in [0.25, 0.3) is 0 Å². The molecule has 4 heteroatoms. The van der Waals surface area contributed by atoms with E-state index in [0.29, 0.717) is 19.5 Å². The molecule has 0 aromatic carbocycles. The third-order valence-electron chi connectivity index (χ3n) is 2.90. The van der Waals surface area contributed by atoms with Crippen molar-refractivity contribution in [2.45, 2.75) is 18.6 Å². The molecular weight excluding hydrogens is 158 g/mol. The van der Waals surface area contributed by atoms with Crippen molar-refractivity contribution in [2.75, 3.05) is 19.7 Å². The van der Waals surface area contributed by atoms with E-state index in [0.717, 1.165) is 5.57 Å². The van der Waals surface area contributed by atoms with Gasteiger partial charge < -0.3 is 20.1 Å². The molecule has 4 nitrogen and oxygen atoms in total. The molecule has 0 spiro atoms. The zero-order valence-electron chi connectivity index (χ0n) is 6.81. The molecule has 0 bridgehead atoms. The minimum Gasteiger partial charge on any atom is -0.632 e. The van der Waals surface area contributed by atoms with Gasteiger partial charge in [0.2, 0.25) is 0 Å². The third kappa shape index (κ3) is 0.927.